The number of carbonyl (C=O) groups excluding carboxylic acids is 1. The van der Waals surface area contributed by atoms with Crippen molar-refractivity contribution < 1.29 is 15.0 Å². The summed E-state index contributed by atoms with van der Waals surface area (Å²) in [6.07, 6.45) is 2.30. The van der Waals surface area contributed by atoms with Crippen LogP contribution in [0.5, 0.6) is 0 Å². The van der Waals surface area contributed by atoms with E-state index in [0.29, 0.717) is 12.8 Å². The van der Waals surface area contributed by atoms with Crippen LogP contribution in [-0.2, 0) is 4.79 Å². The molecular formula is C15H24O3. The molecule has 0 spiro atoms. The standard InChI is InChI=1S/C15H24O3/c1-9(2)10-7-12-11(5-6-14(12,3)17)15(4,18)8-13(10)16/h11-12,17-18H,5-8H2,1-4H3/t11-,12-,14+,15-/m1/s1. The van der Waals surface area contributed by atoms with Crippen LogP contribution in [0.1, 0.15) is 53.4 Å². The smallest absolute Gasteiger partial charge is 0.161 e. The normalized spacial score (nSPS) is 44.8. The largest absolute Gasteiger partial charge is 0.390 e. The summed E-state index contributed by atoms with van der Waals surface area (Å²) in [5.74, 6) is 0.0577. The van der Waals surface area contributed by atoms with E-state index in [0.717, 1.165) is 17.6 Å². The first kappa shape index (κ1) is 13.8. The third-order valence-electron chi connectivity index (χ3n) is 4.93. The molecule has 2 saturated carbocycles. The predicted octanol–water partition coefficient (Wildman–Crippen LogP) is 2.21. The monoisotopic (exact) mass is 252 g/mol. The molecule has 2 fully saturated rings. The molecule has 102 valence electrons. The van der Waals surface area contributed by atoms with Crippen molar-refractivity contribution in [2.45, 2.75) is 64.6 Å². The van der Waals surface area contributed by atoms with Gasteiger partial charge < -0.3 is 10.2 Å². The number of ketones is 1. The van der Waals surface area contributed by atoms with Gasteiger partial charge in [0.1, 0.15) is 0 Å². The van der Waals surface area contributed by atoms with Crippen molar-refractivity contribution in [1.82, 2.24) is 0 Å². The lowest BCUT2D eigenvalue weighted by Crippen LogP contribution is -2.41. The van der Waals surface area contributed by atoms with E-state index in [2.05, 4.69) is 0 Å². The minimum atomic E-state index is -0.987. The molecule has 0 aromatic rings. The number of hydrogen-bond acceptors (Lipinski definition) is 3. The van der Waals surface area contributed by atoms with E-state index in [9.17, 15) is 15.0 Å². The molecule has 0 unspecified atom stereocenters. The van der Waals surface area contributed by atoms with Gasteiger partial charge in [-0.2, -0.15) is 0 Å². The molecule has 2 aliphatic carbocycles. The van der Waals surface area contributed by atoms with E-state index >= 15 is 0 Å². The summed E-state index contributed by atoms with van der Waals surface area (Å²) in [4.78, 5) is 12.2. The quantitative estimate of drug-likeness (QED) is 0.650. The average Bonchev–Trinajstić information content (AvgIpc) is 2.43. The van der Waals surface area contributed by atoms with Gasteiger partial charge >= 0.3 is 0 Å². The van der Waals surface area contributed by atoms with Crippen molar-refractivity contribution in [2.24, 2.45) is 11.8 Å². The average molecular weight is 252 g/mol. The molecule has 4 atom stereocenters. The highest BCUT2D eigenvalue weighted by molar-refractivity contribution is 5.97. The molecule has 3 nitrogen and oxygen atoms in total. The summed E-state index contributed by atoms with van der Waals surface area (Å²) in [7, 11) is 0. The lowest BCUT2D eigenvalue weighted by atomic mass is 9.76. The molecule has 0 aliphatic heterocycles. The van der Waals surface area contributed by atoms with Crippen LogP contribution in [0, 0.1) is 11.8 Å². The second kappa shape index (κ2) is 4.17. The first-order chi connectivity index (χ1) is 8.15. The summed E-state index contributed by atoms with van der Waals surface area (Å²) in [6.45, 7) is 7.46. The molecule has 2 N–H and O–H groups in total. The highest BCUT2D eigenvalue weighted by Crippen LogP contribution is 2.51. The third kappa shape index (κ3) is 2.14. The lowest BCUT2D eigenvalue weighted by molar-refractivity contribution is -0.121. The van der Waals surface area contributed by atoms with E-state index in [1.807, 2.05) is 20.8 Å². The summed E-state index contributed by atoms with van der Waals surface area (Å²) >= 11 is 0. The summed E-state index contributed by atoms with van der Waals surface area (Å²) in [5.41, 5.74) is 0.0727. The highest BCUT2D eigenvalue weighted by Gasteiger charge is 2.53. The van der Waals surface area contributed by atoms with Gasteiger partial charge in [0, 0.05) is 6.42 Å². The zero-order valence-corrected chi connectivity index (χ0v) is 11.8. The van der Waals surface area contributed by atoms with Crippen LogP contribution in [0.4, 0.5) is 0 Å². The number of Topliss-reactive ketones (excluding diaryl/α,β-unsaturated/α-hetero) is 1. The molecule has 18 heavy (non-hydrogen) atoms. The van der Waals surface area contributed by atoms with Crippen molar-refractivity contribution in [3.63, 3.8) is 0 Å². The summed E-state index contributed by atoms with van der Waals surface area (Å²) in [6, 6.07) is 0. The summed E-state index contributed by atoms with van der Waals surface area (Å²) < 4.78 is 0. The number of allylic oxidation sites excluding steroid dienone is 2. The number of hydrogen-bond donors (Lipinski definition) is 2. The van der Waals surface area contributed by atoms with Crippen LogP contribution >= 0.6 is 0 Å². The van der Waals surface area contributed by atoms with E-state index in [1.165, 1.54) is 0 Å². The first-order valence-electron chi connectivity index (χ1n) is 6.79. The molecule has 2 rings (SSSR count). The Labute approximate surface area is 109 Å². The molecule has 0 aromatic heterocycles. The van der Waals surface area contributed by atoms with E-state index in [1.54, 1.807) is 6.92 Å². The van der Waals surface area contributed by atoms with Crippen molar-refractivity contribution in [2.75, 3.05) is 0 Å². The zero-order valence-electron chi connectivity index (χ0n) is 11.8. The Bertz CT molecular complexity index is 400. The van der Waals surface area contributed by atoms with Gasteiger partial charge in [0.2, 0.25) is 0 Å². The third-order valence-corrected chi connectivity index (χ3v) is 4.93. The maximum absolute atomic E-state index is 12.2. The van der Waals surface area contributed by atoms with Crippen molar-refractivity contribution in [3.05, 3.63) is 11.1 Å². The van der Waals surface area contributed by atoms with Gasteiger partial charge in [0.25, 0.3) is 0 Å². The van der Waals surface area contributed by atoms with Crippen LogP contribution in [0.3, 0.4) is 0 Å². The fraction of sp³-hybridized carbons (Fsp3) is 0.800. The van der Waals surface area contributed by atoms with E-state index in [-0.39, 0.29) is 24.0 Å². The Balaban J connectivity index is 2.45. The van der Waals surface area contributed by atoms with Crippen LogP contribution in [0.15, 0.2) is 11.1 Å². The molecule has 0 amide bonds. The Morgan fingerprint density at radius 2 is 1.78 bits per heavy atom. The second-order valence-electron chi connectivity index (χ2n) is 6.75. The molecular weight excluding hydrogens is 228 g/mol. The van der Waals surface area contributed by atoms with Gasteiger partial charge in [-0.15, -0.1) is 0 Å². The van der Waals surface area contributed by atoms with E-state index in [4.69, 9.17) is 0 Å². The van der Waals surface area contributed by atoms with Gasteiger partial charge in [-0.1, -0.05) is 5.57 Å². The van der Waals surface area contributed by atoms with Gasteiger partial charge in [-0.25, -0.2) is 0 Å². The Hall–Kier alpha value is -0.670. The zero-order chi connectivity index (χ0) is 13.7. The number of carbonyl (C=O) groups is 1. The van der Waals surface area contributed by atoms with E-state index < -0.39 is 11.2 Å². The SMILES string of the molecule is CC(C)=C1C[C@@H]2[C@@H](CC[C@]2(C)O)[C@](C)(O)CC1=O. The second-order valence-corrected chi connectivity index (χ2v) is 6.75. The number of rotatable bonds is 0. The van der Waals surface area contributed by atoms with Gasteiger partial charge in [0.15, 0.2) is 5.78 Å². The first-order valence-corrected chi connectivity index (χ1v) is 6.79. The maximum Gasteiger partial charge on any atom is 0.161 e. The topological polar surface area (TPSA) is 57.5 Å². The Morgan fingerprint density at radius 3 is 2.33 bits per heavy atom. The van der Waals surface area contributed by atoms with Crippen molar-refractivity contribution >= 4 is 5.78 Å². The highest BCUT2D eigenvalue weighted by atomic mass is 16.3. The maximum atomic E-state index is 12.2. The van der Waals surface area contributed by atoms with Crippen LogP contribution in [-0.4, -0.2) is 27.2 Å². The fourth-order valence-electron chi connectivity index (χ4n) is 3.75. The fourth-order valence-corrected chi connectivity index (χ4v) is 3.75. The minimum absolute atomic E-state index is 0.0103. The van der Waals surface area contributed by atoms with Gasteiger partial charge in [-0.3, -0.25) is 4.79 Å². The minimum Gasteiger partial charge on any atom is -0.390 e. The van der Waals surface area contributed by atoms with Crippen LogP contribution < -0.4 is 0 Å². The molecule has 3 heteroatoms. The van der Waals surface area contributed by atoms with Crippen LogP contribution in [0.2, 0.25) is 0 Å². The van der Waals surface area contributed by atoms with Crippen LogP contribution in [0.25, 0.3) is 0 Å². The molecule has 0 heterocycles. The number of aliphatic hydroxyl groups is 2. The molecule has 2 aliphatic rings. The Morgan fingerprint density at radius 1 is 1.17 bits per heavy atom. The summed E-state index contributed by atoms with van der Waals surface area (Å²) in [5, 5.41) is 21.1. The lowest BCUT2D eigenvalue weighted by Gasteiger charge is -2.34. The van der Waals surface area contributed by atoms with Crippen molar-refractivity contribution in [3.8, 4) is 0 Å². The predicted molar refractivity (Wildman–Crippen MR) is 70.1 cm³/mol. The van der Waals surface area contributed by atoms with Crippen molar-refractivity contribution in [1.29, 1.82) is 0 Å². The van der Waals surface area contributed by atoms with Gasteiger partial charge in [-0.05, 0) is 64.4 Å². The van der Waals surface area contributed by atoms with Gasteiger partial charge in [0.05, 0.1) is 11.2 Å². The molecule has 0 aromatic carbocycles. The molecule has 0 saturated heterocycles. The Kier molecular flexibility index (Phi) is 3.19. The molecule has 0 bridgehead atoms. The molecule has 0 radical (unpaired) electrons. The number of fused-ring (bicyclic) bond motifs is 1.